The Labute approximate surface area is 155 Å². The molecule has 1 aromatic rings. The Hall–Kier alpha value is -2.12. The first-order chi connectivity index (χ1) is 12.3. The summed E-state index contributed by atoms with van der Waals surface area (Å²) in [6, 6.07) is 0. The van der Waals surface area contributed by atoms with Gasteiger partial charge < -0.3 is 15.4 Å². The molecule has 0 radical (unpaired) electrons. The number of ether oxygens (including phenoxy) is 1. The summed E-state index contributed by atoms with van der Waals surface area (Å²) in [6.45, 7) is 6.44. The van der Waals surface area contributed by atoms with Crippen molar-refractivity contribution in [1.29, 1.82) is 0 Å². The van der Waals surface area contributed by atoms with Gasteiger partial charge in [0.15, 0.2) is 0 Å². The van der Waals surface area contributed by atoms with Crippen LogP contribution in [0.5, 0.6) is 0 Å². The first-order valence-corrected chi connectivity index (χ1v) is 9.38. The topological polar surface area (TPSA) is 98.1 Å². The summed E-state index contributed by atoms with van der Waals surface area (Å²) in [5.41, 5.74) is -0.987. The molecule has 0 unspecified atom stereocenters. The van der Waals surface area contributed by atoms with Crippen LogP contribution in [0.4, 0.5) is 4.79 Å². The van der Waals surface area contributed by atoms with Crippen LogP contribution in [0.1, 0.15) is 65.7 Å². The zero-order chi connectivity index (χ0) is 19.0. The van der Waals surface area contributed by atoms with Crippen molar-refractivity contribution in [3.05, 3.63) is 12.7 Å². The number of hydrogen-bond acceptors (Lipinski definition) is 5. The standard InChI is InChI=1S/C18H31N5O3/c1-17(2,3)26-16(25)22-18(9-6-4-5-7-10-18)12-20-15(24)8-11-23-14-19-13-21-23/h13-14H,4-12H2,1-3H3,(H,20,24)(H,22,25). The fourth-order valence-corrected chi connectivity index (χ4v) is 3.19. The van der Waals surface area contributed by atoms with Crippen LogP contribution in [-0.2, 0) is 16.1 Å². The SMILES string of the molecule is CC(C)(C)OC(=O)NC1(CNC(=O)CCn2cncn2)CCCCCC1. The summed E-state index contributed by atoms with van der Waals surface area (Å²) in [7, 11) is 0. The molecule has 0 aliphatic heterocycles. The Morgan fingerprint density at radius 3 is 2.46 bits per heavy atom. The molecule has 0 bridgehead atoms. The second-order valence-electron chi connectivity index (χ2n) is 8.01. The highest BCUT2D eigenvalue weighted by Gasteiger charge is 2.34. The van der Waals surface area contributed by atoms with Gasteiger partial charge in [0.05, 0.1) is 12.1 Å². The van der Waals surface area contributed by atoms with Gasteiger partial charge in [-0.2, -0.15) is 5.10 Å². The average molecular weight is 365 g/mol. The van der Waals surface area contributed by atoms with Crippen molar-refractivity contribution < 1.29 is 14.3 Å². The van der Waals surface area contributed by atoms with Crippen LogP contribution in [0.3, 0.4) is 0 Å². The molecule has 8 nitrogen and oxygen atoms in total. The number of alkyl carbamates (subject to hydrolysis) is 1. The number of hydrogen-bond donors (Lipinski definition) is 2. The minimum absolute atomic E-state index is 0.0601. The zero-order valence-corrected chi connectivity index (χ0v) is 16.1. The van der Waals surface area contributed by atoms with Crippen LogP contribution in [0, 0.1) is 0 Å². The minimum atomic E-state index is -0.545. The number of amides is 2. The van der Waals surface area contributed by atoms with Gasteiger partial charge >= 0.3 is 6.09 Å². The fourth-order valence-electron chi connectivity index (χ4n) is 3.19. The Balaban J connectivity index is 1.90. The first kappa shape index (κ1) is 20.2. The van der Waals surface area contributed by atoms with Crippen LogP contribution >= 0.6 is 0 Å². The lowest BCUT2D eigenvalue weighted by Gasteiger charge is -2.35. The number of aryl methyl sites for hydroxylation is 1. The van der Waals surface area contributed by atoms with E-state index in [1.54, 1.807) is 11.0 Å². The Morgan fingerprint density at radius 1 is 1.19 bits per heavy atom. The van der Waals surface area contributed by atoms with E-state index in [2.05, 4.69) is 20.7 Å². The Morgan fingerprint density at radius 2 is 1.88 bits per heavy atom. The van der Waals surface area contributed by atoms with Crippen LogP contribution in [-0.4, -0.2) is 44.4 Å². The molecule has 0 saturated heterocycles. The number of nitrogens with one attached hydrogen (secondary N) is 2. The highest BCUT2D eigenvalue weighted by molar-refractivity contribution is 5.76. The predicted molar refractivity (Wildman–Crippen MR) is 97.5 cm³/mol. The van der Waals surface area contributed by atoms with Gasteiger partial charge in [0.2, 0.25) is 5.91 Å². The number of carbonyl (C=O) groups excluding carboxylic acids is 2. The lowest BCUT2D eigenvalue weighted by Crippen LogP contribution is -2.56. The van der Waals surface area contributed by atoms with Gasteiger partial charge in [-0.3, -0.25) is 9.48 Å². The van der Waals surface area contributed by atoms with E-state index in [4.69, 9.17) is 4.74 Å². The van der Waals surface area contributed by atoms with Crippen LogP contribution in [0.25, 0.3) is 0 Å². The highest BCUT2D eigenvalue weighted by atomic mass is 16.6. The third-order valence-corrected chi connectivity index (χ3v) is 4.49. The second kappa shape index (κ2) is 9.00. The van der Waals surface area contributed by atoms with Gasteiger partial charge in [0.1, 0.15) is 18.3 Å². The Bertz CT molecular complexity index is 572. The van der Waals surface area contributed by atoms with Crippen molar-refractivity contribution in [3.63, 3.8) is 0 Å². The molecule has 146 valence electrons. The van der Waals surface area contributed by atoms with E-state index < -0.39 is 17.2 Å². The summed E-state index contributed by atoms with van der Waals surface area (Å²) in [5, 5.41) is 10.0. The van der Waals surface area contributed by atoms with Crippen LogP contribution in [0.15, 0.2) is 12.7 Å². The van der Waals surface area contributed by atoms with E-state index in [1.807, 2.05) is 20.8 Å². The van der Waals surface area contributed by atoms with Gasteiger partial charge in [-0.25, -0.2) is 9.78 Å². The molecule has 8 heteroatoms. The number of nitrogens with zero attached hydrogens (tertiary/aromatic N) is 3. The molecule has 2 rings (SSSR count). The second-order valence-corrected chi connectivity index (χ2v) is 8.01. The monoisotopic (exact) mass is 365 g/mol. The molecular weight excluding hydrogens is 334 g/mol. The molecule has 26 heavy (non-hydrogen) atoms. The maximum absolute atomic E-state index is 12.3. The molecule has 1 fully saturated rings. The molecular formula is C18H31N5O3. The molecule has 1 aromatic heterocycles. The molecule has 2 N–H and O–H groups in total. The molecule has 0 atom stereocenters. The van der Waals surface area contributed by atoms with Gasteiger partial charge in [0.25, 0.3) is 0 Å². The molecule has 1 aliphatic carbocycles. The van der Waals surface area contributed by atoms with Gasteiger partial charge in [-0.05, 0) is 33.6 Å². The normalized spacial score (nSPS) is 17.2. The number of aromatic nitrogens is 3. The minimum Gasteiger partial charge on any atom is -0.444 e. The van der Waals surface area contributed by atoms with E-state index in [0.29, 0.717) is 19.5 Å². The lowest BCUT2D eigenvalue weighted by molar-refractivity contribution is -0.121. The van der Waals surface area contributed by atoms with E-state index in [1.165, 1.54) is 6.33 Å². The third kappa shape index (κ3) is 7.01. The Kier molecular flexibility index (Phi) is 6.99. The summed E-state index contributed by atoms with van der Waals surface area (Å²) < 4.78 is 7.05. The molecule has 0 aromatic carbocycles. The largest absolute Gasteiger partial charge is 0.444 e. The maximum atomic E-state index is 12.3. The van der Waals surface area contributed by atoms with E-state index >= 15 is 0 Å². The molecule has 1 aliphatic rings. The third-order valence-electron chi connectivity index (χ3n) is 4.49. The zero-order valence-electron chi connectivity index (χ0n) is 16.1. The van der Waals surface area contributed by atoms with Crippen molar-refractivity contribution in [2.75, 3.05) is 6.54 Å². The average Bonchev–Trinajstić information content (AvgIpc) is 2.96. The molecule has 0 spiro atoms. The van der Waals surface area contributed by atoms with Gasteiger partial charge in [-0.15, -0.1) is 0 Å². The summed E-state index contributed by atoms with van der Waals surface area (Å²) in [4.78, 5) is 28.4. The van der Waals surface area contributed by atoms with E-state index in [9.17, 15) is 9.59 Å². The van der Waals surface area contributed by atoms with Crippen molar-refractivity contribution >= 4 is 12.0 Å². The number of carbonyl (C=O) groups is 2. The predicted octanol–water partition coefficient (Wildman–Crippen LogP) is 2.40. The van der Waals surface area contributed by atoms with E-state index in [-0.39, 0.29) is 5.91 Å². The summed E-state index contributed by atoms with van der Waals surface area (Å²) in [6.07, 6.45) is 8.99. The van der Waals surface area contributed by atoms with Gasteiger partial charge in [0, 0.05) is 13.0 Å². The molecule has 2 amide bonds. The van der Waals surface area contributed by atoms with Crippen LogP contribution < -0.4 is 10.6 Å². The molecule has 1 heterocycles. The molecule has 1 saturated carbocycles. The summed E-state index contributed by atoms with van der Waals surface area (Å²) in [5.74, 6) is -0.0601. The highest BCUT2D eigenvalue weighted by Crippen LogP contribution is 2.27. The fraction of sp³-hybridized carbons (Fsp3) is 0.778. The van der Waals surface area contributed by atoms with E-state index in [0.717, 1.165) is 38.5 Å². The van der Waals surface area contributed by atoms with Crippen molar-refractivity contribution in [3.8, 4) is 0 Å². The quantitative estimate of drug-likeness (QED) is 0.754. The van der Waals surface area contributed by atoms with Crippen molar-refractivity contribution in [1.82, 2.24) is 25.4 Å². The van der Waals surface area contributed by atoms with Gasteiger partial charge in [-0.1, -0.05) is 25.7 Å². The van der Waals surface area contributed by atoms with Crippen molar-refractivity contribution in [2.24, 2.45) is 0 Å². The van der Waals surface area contributed by atoms with Crippen molar-refractivity contribution in [2.45, 2.75) is 83.4 Å². The maximum Gasteiger partial charge on any atom is 0.408 e. The summed E-state index contributed by atoms with van der Waals surface area (Å²) >= 11 is 0. The number of rotatable bonds is 6. The first-order valence-electron chi connectivity index (χ1n) is 9.38. The smallest absolute Gasteiger partial charge is 0.408 e. The van der Waals surface area contributed by atoms with Crippen LogP contribution in [0.2, 0.25) is 0 Å². The lowest BCUT2D eigenvalue weighted by atomic mass is 9.90.